The standard InChI is InChI=1S/C15H22O4/c1-9-13-12(18-15(2,3)19-14(13)16)8-11(17-9)10-6-4-5-7-10/h9-11H,4-8H2,1-3H3/t9-,11-/m0/s1. The van der Waals surface area contributed by atoms with Gasteiger partial charge in [-0.3, -0.25) is 0 Å². The van der Waals surface area contributed by atoms with E-state index in [4.69, 9.17) is 14.2 Å². The van der Waals surface area contributed by atoms with Crippen LogP contribution in [-0.2, 0) is 19.0 Å². The molecule has 0 amide bonds. The molecule has 106 valence electrons. The molecule has 0 aromatic carbocycles. The number of cyclic esters (lactones) is 1. The van der Waals surface area contributed by atoms with Crippen LogP contribution in [0.5, 0.6) is 0 Å². The second-order valence-electron chi connectivity index (χ2n) is 6.29. The molecule has 3 aliphatic rings. The van der Waals surface area contributed by atoms with Crippen molar-refractivity contribution in [2.75, 3.05) is 0 Å². The fourth-order valence-corrected chi connectivity index (χ4v) is 3.48. The highest BCUT2D eigenvalue weighted by Crippen LogP contribution is 2.41. The summed E-state index contributed by atoms with van der Waals surface area (Å²) in [7, 11) is 0. The second kappa shape index (κ2) is 4.51. The molecule has 19 heavy (non-hydrogen) atoms. The van der Waals surface area contributed by atoms with Gasteiger partial charge in [-0.2, -0.15) is 0 Å². The lowest BCUT2D eigenvalue weighted by molar-refractivity contribution is -0.218. The monoisotopic (exact) mass is 266 g/mol. The summed E-state index contributed by atoms with van der Waals surface area (Å²) < 4.78 is 17.2. The maximum absolute atomic E-state index is 12.0. The highest BCUT2D eigenvalue weighted by molar-refractivity contribution is 5.91. The third-order valence-electron chi connectivity index (χ3n) is 4.33. The van der Waals surface area contributed by atoms with E-state index in [0.717, 1.165) is 5.76 Å². The molecule has 0 saturated heterocycles. The van der Waals surface area contributed by atoms with E-state index in [1.807, 2.05) is 6.92 Å². The quantitative estimate of drug-likeness (QED) is 0.684. The van der Waals surface area contributed by atoms with Gasteiger partial charge in [-0.1, -0.05) is 12.8 Å². The lowest BCUT2D eigenvalue weighted by atomic mass is 9.91. The Morgan fingerprint density at radius 2 is 1.84 bits per heavy atom. The molecule has 0 N–H and O–H groups in total. The normalized spacial score (nSPS) is 34.8. The largest absolute Gasteiger partial charge is 0.456 e. The van der Waals surface area contributed by atoms with Crippen molar-refractivity contribution < 1.29 is 19.0 Å². The predicted molar refractivity (Wildman–Crippen MR) is 69.2 cm³/mol. The molecule has 2 aliphatic heterocycles. The molecule has 3 rings (SSSR count). The minimum atomic E-state index is -0.854. The van der Waals surface area contributed by atoms with Gasteiger partial charge in [-0.15, -0.1) is 0 Å². The first kappa shape index (κ1) is 13.0. The maximum atomic E-state index is 12.0. The van der Waals surface area contributed by atoms with Crippen LogP contribution in [-0.4, -0.2) is 24.0 Å². The third-order valence-corrected chi connectivity index (χ3v) is 4.33. The molecule has 4 nitrogen and oxygen atoms in total. The zero-order chi connectivity index (χ0) is 13.6. The van der Waals surface area contributed by atoms with E-state index in [1.165, 1.54) is 25.7 Å². The average Bonchev–Trinajstić information content (AvgIpc) is 2.78. The van der Waals surface area contributed by atoms with Gasteiger partial charge in [0.15, 0.2) is 0 Å². The van der Waals surface area contributed by atoms with E-state index < -0.39 is 5.79 Å². The highest BCUT2D eigenvalue weighted by atomic mass is 16.7. The number of ether oxygens (including phenoxy) is 3. The van der Waals surface area contributed by atoms with Gasteiger partial charge in [-0.05, 0) is 25.7 Å². The molecule has 0 bridgehead atoms. The van der Waals surface area contributed by atoms with E-state index in [1.54, 1.807) is 13.8 Å². The van der Waals surface area contributed by atoms with Crippen LogP contribution in [0.2, 0.25) is 0 Å². The topological polar surface area (TPSA) is 44.8 Å². The Kier molecular flexibility index (Phi) is 3.08. The van der Waals surface area contributed by atoms with Crippen molar-refractivity contribution in [3.8, 4) is 0 Å². The minimum Gasteiger partial charge on any atom is -0.456 e. The summed E-state index contributed by atoms with van der Waals surface area (Å²) in [5.74, 6) is 0.259. The van der Waals surface area contributed by atoms with Crippen LogP contribution in [0.4, 0.5) is 0 Å². The van der Waals surface area contributed by atoms with Crippen LogP contribution in [0.15, 0.2) is 11.3 Å². The number of esters is 1. The number of rotatable bonds is 1. The van der Waals surface area contributed by atoms with E-state index in [9.17, 15) is 4.79 Å². The number of carbonyl (C=O) groups excluding carboxylic acids is 1. The summed E-state index contributed by atoms with van der Waals surface area (Å²) in [5.41, 5.74) is 0.577. The fraction of sp³-hybridized carbons (Fsp3) is 0.800. The van der Waals surface area contributed by atoms with Gasteiger partial charge in [0.05, 0.1) is 12.2 Å². The zero-order valence-electron chi connectivity index (χ0n) is 11.9. The van der Waals surface area contributed by atoms with Gasteiger partial charge in [0.1, 0.15) is 11.3 Å². The van der Waals surface area contributed by atoms with Crippen LogP contribution in [0.3, 0.4) is 0 Å². The molecule has 1 fully saturated rings. The van der Waals surface area contributed by atoms with Crippen molar-refractivity contribution in [2.45, 2.75) is 70.9 Å². The van der Waals surface area contributed by atoms with Gasteiger partial charge in [0.2, 0.25) is 5.79 Å². The minimum absolute atomic E-state index is 0.193. The molecule has 1 saturated carbocycles. The molecule has 0 spiro atoms. The molecule has 2 heterocycles. The maximum Gasteiger partial charge on any atom is 0.343 e. The van der Waals surface area contributed by atoms with Crippen LogP contribution in [0.1, 0.15) is 52.9 Å². The smallest absolute Gasteiger partial charge is 0.343 e. The van der Waals surface area contributed by atoms with Crippen molar-refractivity contribution in [2.24, 2.45) is 5.92 Å². The van der Waals surface area contributed by atoms with Crippen molar-refractivity contribution in [3.05, 3.63) is 11.3 Å². The Bertz CT molecular complexity index is 418. The number of carbonyl (C=O) groups is 1. The second-order valence-corrected chi connectivity index (χ2v) is 6.29. The van der Waals surface area contributed by atoms with Gasteiger partial charge >= 0.3 is 5.97 Å². The van der Waals surface area contributed by atoms with E-state index in [-0.39, 0.29) is 18.2 Å². The summed E-state index contributed by atoms with van der Waals surface area (Å²) >= 11 is 0. The molecular formula is C15H22O4. The Morgan fingerprint density at radius 3 is 2.53 bits per heavy atom. The van der Waals surface area contributed by atoms with E-state index >= 15 is 0 Å². The van der Waals surface area contributed by atoms with E-state index in [2.05, 4.69) is 0 Å². The summed E-state index contributed by atoms with van der Waals surface area (Å²) in [4.78, 5) is 12.0. The lowest BCUT2D eigenvalue weighted by Crippen LogP contribution is -2.45. The van der Waals surface area contributed by atoms with Crippen LogP contribution < -0.4 is 0 Å². The summed E-state index contributed by atoms with van der Waals surface area (Å²) in [6.45, 7) is 5.47. The van der Waals surface area contributed by atoms with Gasteiger partial charge < -0.3 is 14.2 Å². The number of hydrogen-bond acceptors (Lipinski definition) is 4. The average molecular weight is 266 g/mol. The van der Waals surface area contributed by atoms with Crippen LogP contribution in [0, 0.1) is 5.92 Å². The summed E-state index contributed by atoms with van der Waals surface area (Å²) in [5, 5.41) is 0. The molecular weight excluding hydrogens is 244 g/mol. The van der Waals surface area contributed by atoms with Gasteiger partial charge in [0, 0.05) is 20.3 Å². The molecule has 4 heteroatoms. The Labute approximate surface area is 114 Å². The van der Waals surface area contributed by atoms with Crippen LogP contribution >= 0.6 is 0 Å². The van der Waals surface area contributed by atoms with Crippen LogP contribution in [0.25, 0.3) is 0 Å². The van der Waals surface area contributed by atoms with Crippen molar-refractivity contribution >= 4 is 5.97 Å². The van der Waals surface area contributed by atoms with Crippen molar-refractivity contribution in [1.29, 1.82) is 0 Å². The Morgan fingerprint density at radius 1 is 1.16 bits per heavy atom. The molecule has 1 aliphatic carbocycles. The van der Waals surface area contributed by atoms with Gasteiger partial charge in [0.25, 0.3) is 0 Å². The molecule has 0 radical (unpaired) electrons. The predicted octanol–water partition coefficient (Wildman–Crippen LogP) is 2.92. The summed E-state index contributed by atoms with van der Waals surface area (Å²) in [6, 6.07) is 0. The molecule has 0 aromatic heterocycles. The fourth-order valence-electron chi connectivity index (χ4n) is 3.48. The first-order valence-corrected chi connectivity index (χ1v) is 7.27. The Balaban J connectivity index is 1.84. The van der Waals surface area contributed by atoms with Crippen molar-refractivity contribution in [1.82, 2.24) is 0 Å². The number of hydrogen-bond donors (Lipinski definition) is 0. The van der Waals surface area contributed by atoms with E-state index in [0.29, 0.717) is 17.9 Å². The molecule has 0 unspecified atom stereocenters. The van der Waals surface area contributed by atoms with Crippen molar-refractivity contribution in [3.63, 3.8) is 0 Å². The third kappa shape index (κ3) is 2.38. The first-order chi connectivity index (χ1) is 8.96. The highest BCUT2D eigenvalue weighted by Gasteiger charge is 2.44. The molecule has 0 aromatic rings. The lowest BCUT2D eigenvalue weighted by Gasteiger charge is -2.41. The summed E-state index contributed by atoms with van der Waals surface area (Å²) in [6.07, 6.45) is 5.72. The first-order valence-electron chi connectivity index (χ1n) is 7.27. The van der Waals surface area contributed by atoms with Gasteiger partial charge in [-0.25, -0.2) is 4.79 Å². The molecule has 2 atom stereocenters. The SMILES string of the molecule is C[C@@H]1O[C@H](C2CCCC2)CC2=C1C(=O)OC(C)(C)O2. The Hall–Kier alpha value is -1.03. The zero-order valence-corrected chi connectivity index (χ0v) is 11.9.